The van der Waals surface area contributed by atoms with Crippen LogP contribution in [0.15, 0.2) is 4.99 Å². The third-order valence-corrected chi connectivity index (χ3v) is 3.02. The van der Waals surface area contributed by atoms with E-state index in [-0.39, 0.29) is 17.6 Å². The number of hydrogen-bond donors (Lipinski definition) is 2. The average molecular weight is 239 g/mol. The first-order valence-corrected chi connectivity index (χ1v) is 6.12. The van der Waals surface area contributed by atoms with E-state index in [4.69, 9.17) is 4.74 Å². The van der Waals surface area contributed by atoms with Crippen LogP contribution in [0.4, 0.5) is 0 Å². The summed E-state index contributed by atoms with van der Waals surface area (Å²) in [5.74, 6) is 0.594. The second-order valence-electron chi connectivity index (χ2n) is 5.96. The van der Waals surface area contributed by atoms with Crippen molar-refractivity contribution in [3.05, 3.63) is 0 Å². The van der Waals surface area contributed by atoms with Gasteiger partial charge in [0.05, 0.1) is 6.10 Å². The van der Waals surface area contributed by atoms with E-state index in [2.05, 4.69) is 15.6 Å². The summed E-state index contributed by atoms with van der Waals surface area (Å²) in [6, 6.07) is 0. The largest absolute Gasteiger partial charge is 0.378 e. The number of rotatable bonds is 0. The fourth-order valence-corrected chi connectivity index (χ4v) is 2.30. The number of aliphatic imine (C=N–C) groups is 1. The van der Waals surface area contributed by atoms with Crippen LogP contribution in [0, 0.1) is 0 Å². The Bertz CT molecular complexity index is 359. The predicted octanol–water partition coefficient (Wildman–Crippen LogP) is 0.798. The summed E-state index contributed by atoms with van der Waals surface area (Å²) in [5, 5.41) is 6.05. The van der Waals surface area contributed by atoms with Crippen LogP contribution >= 0.6 is 0 Å². The van der Waals surface area contributed by atoms with Crippen molar-refractivity contribution in [2.75, 3.05) is 6.61 Å². The van der Waals surface area contributed by atoms with Crippen molar-refractivity contribution in [2.24, 2.45) is 4.99 Å². The molecule has 17 heavy (non-hydrogen) atoms. The summed E-state index contributed by atoms with van der Waals surface area (Å²) in [5.41, 5.74) is -0.709. The zero-order valence-electron chi connectivity index (χ0n) is 11.0. The molecular weight excluding hydrogens is 218 g/mol. The quantitative estimate of drug-likeness (QED) is 0.657. The Hall–Kier alpha value is -1.10. The van der Waals surface area contributed by atoms with Crippen molar-refractivity contribution in [1.82, 2.24) is 10.6 Å². The van der Waals surface area contributed by atoms with Gasteiger partial charge in [-0.3, -0.25) is 10.1 Å². The highest BCUT2D eigenvalue weighted by atomic mass is 16.5. The van der Waals surface area contributed by atoms with E-state index in [1.165, 1.54) is 0 Å². The molecule has 2 heterocycles. The second kappa shape index (κ2) is 3.98. The number of ether oxygens (including phenoxy) is 1. The molecule has 2 aliphatic rings. The molecule has 1 spiro atoms. The summed E-state index contributed by atoms with van der Waals surface area (Å²) in [6.07, 6.45) is 1.42. The van der Waals surface area contributed by atoms with Crippen LogP contribution in [0.2, 0.25) is 0 Å². The zero-order chi connectivity index (χ0) is 12.7. The Morgan fingerprint density at radius 3 is 2.82 bits per heavy atom. The highest BCUT2D eigenvalue weighted by Crippen LogP contribution is 2.31. The number of guanidine groups is 1. The topological polar surface area (TPSA) is 62.7 Å². The smallest absolute Gasteiger partial charge is 0.254 e. The third-order valence-electron chi connectivity index (χ3n) is 3.02. The predicted molar refractivity (Wildman–Crippen MR) is 65.8 cm³/mol. The van der Waals surface area contributed by atoms with Crippen molar-refractivity contribution in [3.63, 3.8) is 0 Å². The van der Waals surface area contributed by atoms with E-state index >= 15 is 0 Å². The maximum Gasteiger partial charge on any atom is 0.254 e. The van der Waals surface area contributed by atoms with Crippen LogP contribution in [0.3, 0.4) is 0 Å². The van der Waals surface area contributed by atoms with Crippen LogP contribution in [-0.2, 0) is 9.53 Å². The molecule has 0 saturated carbocycles. The summed E-state index contributed by atoms with van der Waals surface area (Å²) in [6.45, 7) is 8.71. The van der Waals surface area contributed by atoms with Crippen LogP contribution in [0.5, 0.6) is 0 Å². The molecule has 2 atom stereocenters. The lowest BCUT2D eigenvalue weighted by Gasteiger charge is -2.31. The van der Waals surface area contributed by atoms with Crippen LogP contribution in [0.1, 0.15) is 40.5 Å². The fraction of sp³-hybridized carbons (Fsp3) is 0.833. The van der Waals surface area contributed by atoms with Crippen LogP contribution in [-0.4, -0.2) is 35.7 Å². The second-order valence-corrected chi connectivity index (χ2v) is 5.96. The lowest BCUT2D eigenvalue weighted by Crippen LogP contribution is -2.49. The van der Waals surface area contributed by atoms with Gasteiger partial charge in [-0.25, -0.2) is 4.99 Å². The Morgan fingerprint density at radius 2 is 2.24 bits per heavy atom. The normalized spacial score (nSPS) is 33.5. The Kier molecular flexibility index (Phi) is 2.89. The van der Waals surface area contributed by atoms with Crippen molar-refractivity contribution in [3.8, 4) is 0 Å². The van der Waals surface area contributed by atoms with Crippen molar-refractivity contribution in [2.45, 2.75) is 57.7 Å². The number of nitrogens with one attached hydrogen (secondary N) is 2. The van der Waals surface area contributed by atoms with Gasteiger partial charge < -0.3 is 10.1 Å². The molecule has 96 valence electrons. The van der Waals surface area contributed by atoms with Gasteiger partial charge in [-0.15, -0.1) is 0 Å². The van der Waals surface area contributed by atoms with E-state index in [9.17, 15) is 4.79 Å². The highest BCUT2D eigenvalue weighted by Gasteiger charge is 2.47. The minimum Gasteiger partial charge on any atom is -0.378 e. The van der Waals surface area contributed by atoms with E-state index in [1.807, 2.05) is 27.7 Å². The SMILES string of the molecule is CC1CC2(CCO1)N=C(NC(C)(C)C)NC2=O. The number of hydrogen-bond acceptors (Lipinski definition) is 4. The molecule has 0 aromatic heterocycles. The molecule has 2 aliphatic heterocycles. The highest BCUT2D eigenvalue weighted by molar-refractivity contribution is 6.07. The Morgan fingerprint density at radius 1 is 1.53 bits per heavy atom. The van der Waals surface area contributed by atoms with Gasteiger partial charge in [0, 0.05) is 25.0 Å². The van der Waals surface area contributed by atoms with Gasteiger partial charge in [0.15, 0.2) is 5.96 Å². The van der Waals surface area contributed by atoms with E-state index in [0.29, 0.717) is 25.4 Å². The van der Waals surface area contributed by atoms with Crippen molar-refractivity contribution < 1.29 is 9.53 Å². The molecule has 0 bridgehead atoms. The molecule has 1 fully saturated rings. The van der Waals surface area contributed by atoms with Crippen LogP contribution < -0.4 is 10.6 Å². The monoisotopic (exact) mass is 239 g/mol. The standard InChI is InChI=1S/C12H21N3O2/c1-8-7-12(5-6-17-8)9(16)13-10(15-12)14-11(2,3)4/h8H,5-7H2,1-4H3,(H2,13,14,15,16). The first-order chi connectivity index (χ1) is 7.81. The summed E-state index contributed by atoms with van der Waals surface area (Å²) < 4.78 is 5.48. The van der Waals surface area contributed by atoms with E-state index in [1.54, 1.807) is 0 Å². The zero-order valence-corrected chi connectivity index (χ0v) is 11.0. The molecule has 0 aliphatic carbocycles. The molecule has 1 amide bonds. The van der Waals surface area contributed by atoms with Gasteiger partial charge in [-0.1, -0.05) is 0 Å². The number of amides is 1. The first-order valence-electron chi connectivity index (χ1n) is 6.12. The third kappa shape index (κ3) is 2.60. The maximum absolute atomic E-state index is 12.1. The number of carbonyl (C=O) groups is 1. The molecule has 2 rings (SSSR count). The molecule has 0 aromatic carbocycles. The van der Waals surface area contributed by atoms with E-state index < -0.39 is 5.54 Å². The minimum absolute atomic E-state index is 0.000556. The van der Waals surface area contributed by atoms with Gasteiger partial charge in [-0.2, -0.15) is 0 Å². The van der Waals surface area contributed by atoms with Gasteiger partial charge in [-0.05, 0) is 27.7 Å². The molecular formula is C12H21N3O2. The van der Waals surface area contributed by atoms with Gasteiger partial charge in [0.1, 0.15) is 5.54 Å². The molecule has 0 aromatic rings. The van der Waals surface area contributed by atoms with Gasteiger partial charge in [0.25, 0.3) is 5.91 Å². The lowest BCUT2D eigenvalue weighted by atomic mass is 9.87. The number of nitrogens with zero attached hydrogens (tertiary/aromatic N) is 1. The summed E-state index contributed by atoms with van der Waals surface area (Å²) in [4.78, 5) is 16.6. The molecule has 5 heteroatoms. The van der Waals surface area contributed by atoms with Crippen LogP contribution in [0.25, 0.3) is 0 Å². The molecule has 5 nitrogen and oxygen atoms in total. The lowest BCUT2D eigenvalue weighted by molar-refractivity contribution is -0.128. The molecule has 2 N–H and O–H groups in total. The minimum atomic E-state index is -0.606. The fourth-order valence-electron chi connectivity index (χ4n) is 2.30. The molecule has 2 unspecified atom stereocenters. The van der Waals surface area contributed by atoms with Crippen molar-refractivity contribution in [1.29, 1.82) is 0 Å². The first kappa shape index (κ1) is 12.4. The molecule has 1 saturated heterocycles. The van der Waals surface area contributed by atoms with Gasteiger partial charge >= 0.3 is 0 Å². The summed E-state index contributed by atoms with van der Waals surface area (Å²) in [7, 11) is 0. The van der Waals surface area contributed by atoms with Gasteiger partial charge in [0.2, 0.25) is 0 Å². The maximum atomic E-state index is 12.1. The Balaban J connectivity index is 2.15. The number of carbonyl (C=O) groups excluding carboxylic acids is 1. The van der Waals surface area contributed by atoms with E-state index in [0.717, 1.165) is 0 Å². The average Bonchev–Trinajstić information content (AvgIpc) is 2.39. The van der Waals surface area contributed by atoms with Crippen molar-refractivity contribution >= 4 is 11.9 Å². The summed E-state index contributed by atoms with van der Waals surface area (Å²) >= 11 is 0. The molecule has 0 radical (unpaired) electrons. The Labute approximate surface area is 102 Å².